The summed E-state index contributed by atoms with van der Waals surface area (Å²) < 4.78 is 0.851. The summed E-state index contributed by atoms with van der Waals surface area (Å²) in [6.07, 6.45) is 1.74. The van der Waals surface area contributed by atoms with Crippen LogP contribution in [0.5, 0.6) is 0 Å². The van der Waals surface area contributed by atoms with Crippen molar-refractivity contribution in [1.82, 2.24) is 9.97 Å². The van der Waals surface area contributed by atoms with Crippen molar-refractivity contribution in [2.45, 2.75) is 46.1 Å². The molecule has 0 spiro atoms. The van der Waals surface area contributed by atoms with Gasteiger partial charge < -0.3 is 10.7 Å². The number of aromatic amines is 1. The van der Waals surface area contributed by atoms with Crippen molar-refractivity contribution < 1.29 is 0 Å². The maximum atomic E-state index is 6.38. The highest BCUT2D eigenvalue weighted by molar-refractivity contribution is 9.10. The topological polar surface area (TPSA) is 54.7 Å². The molecule has 0 aliphatic carbocycles. The molecule has 1 aromatic carbocycles. The molecule has 0 aliphatic heterocycles. The van der Waals surface area contributed by atoms with E-state index < -0.39 is 0 Å². The van der Waals surface area contributed by atoms with E-state index in [4.69, 9.17) is 5.73 Å². The zero-order chi connectivity index (χ0) is 15.1. The van der Waals surface area contributed by atoms with E-state index in [1.165, 1.54) is 16.7 Å². The van der Waals surface area contributed by atoms with Gasteiger partial charge in [-0.05, 0) is 57.4 Å². The fourth-order valence-electron chi connectivity index (χ4n) is 2.51. The third-order valence-electron chi connectivity index (χ3n) is 3.63. The van der Waals surface area contributed by atoms with Crippen molar-refractivity contribution in [3.05, 3.63) is 51.0 Å². The van der Waals surface area contributed by atoms with Crippen LogP contribution in [0.4, 0.5) is 0 Å². The molecule has 0 amide bonds. The first-order valence-corrected chi connectivity index (χ1v) is 7.57. The molecule has 0 aliphatic rings. The number of hydrogen-bond donors (Lipinski definition) is 2. The second-order valence-electron chi connectivity index (χ2n) is 6.37. The molecule has 0 radical (unpaired) electrons. The molecule has 3 nitrogen and oxygen atoms in total. The Bertz CT molecular complexity index is 600. The van der Waals surface area contributed by atoms with Gasteiger partial charge in [0.05, 0.1) is 12.2 Å². The molecule has 2 rings (SSSR count). The maximum absolute atomic E-state index is 6.38. The Balaban J connectivity index is 2.48. The summed E-state index contributed by atoms with van der Waals surface area (Å²) in [7, 11) is 0. The molecule has 0 saturated heterocycles. The Morgan fingerprint density at radius 2 is 1.75 bits per heavy atom. The number of nitrogens with two attached hydrogens (primary N) is 1. The molecule has 3 N–H and O–H groups in total. The van der Waals surface area contributed by atoms with Crippen LogP contribution >= 0.6 is 15.9 Å². The number of nitrogens with one attached hydrogen (secondary N) is 1. The fourth-order valence-corrected chi connectivity index (χ4v) is 2.81. The number of imidazole rings is 1. The molecule has 2 aromatic rings. The number of hydrogen-bond acceptors (Lipinski definition) is 2. The van der Waals surface area contributed by atoms with E-state index in [-0.39, 0.29) is 11.5 Å². The van der Waals surface area contributed by atoms with Crippen LogP contribution in [0.2, 0.25) is 0 Å². The molecule has 0 fully saturated rings. The largest absolute Gasteiger partial charge is 0.335 e. The minimum Gasteiger partial charge on any atom is -0.335 e. The van der Waals surface area contributed by atoms with Gasteiger partial charge in [-0.25, -0.2) is 4.98 Å². The van der Waals surface area contributed by atoms with Gasteiger partial charge in [-0.1, -0.05) is 32.9 Å². The van der Waals surface area contributed by atoms with Crippen molar-refractivity contribution in [1.29, 1.82) is 0 Å². The Kier molecular flexibility index (Phi) is 4.07. The summed E-state index contributed by atoms with van der Waals surface area (Å²) in [4.78, 5) is 7.47. The highest BCUT2D eigenvalue weighted by Crippen LogP contribution is 2.31. The van der Waals surface area contributed by atoms with Crippen LogP contribution in [0.15, 0.2) is 22.9 Å². The van der Waals surface area contributed by atoms with Gasteiger partial charge in [0.1, 0.15) is 10.4 Å². The number of aromatic nitrogens is 2. The zero-order valence-electron chi connectivity index (χ0n) is 12.7. The van der Waals surface area contributed by atoms with Gasteiger partial charge in [0.2, 0.25) is 0 Å². The van der Waals surface area contributed by atoms with Gasteiger partial charge in [-0.3, -0.25) is 0 Å². The van der Waals surface area contributed by atoms with Gasteiger partial charge >= 0.3 is 0 Å². The number of halogens is 1. The first-order valence-electron chi connectivity index (χ1n) is 6.77. The van der Waals surface area contributed by atoms with Crippen molar-refractivity contribution in [2.75, 3.05) is 0 Å². The smallest absolute Gasteiger partial charge is 0.128 e. The van der Waals surface area contributed by atoms with Crippen LogP contribution in [0.1, 0.15) is 54.9 Å². The number of nitrogens with zero attached hydrogens (tertiary/aromatic N) is 1. The summed E-state index contributed by atoms with van der Waals surface area (Å²) in [6, 6.07) is 4.25. The van der Waals surface area contributed by atoms with Gasteiger partial charge in [-0.2, -0.15) is 0 Å². The molecule has 20 heavy (non-hydrogen) atoms. The second-order valence-corrected chi connectivity index (χ2v) is 7.22. The zero-order valence-corrected chi connectivity index (χ0v) is 14.3. The summed E-state index contributed by atoms with van der Waals surface area (Å²) >= 11 is 3.37. The molecule has 1 aromatic heterocycles. The SMILES string of the molecule is Cc1cc(C(C)(C)C)cc(C)c1C(N)c1ncc(Br)[nH]1. The quantitative estimate of drug-likeness (QED) is 0.866. The number of H-pyrrole nitrogens is 1. The lowest BCUT2D eigenvalue weighted by Crippen LogP contribution is -2.18. The molecular formula is C16H22BrN3. The third kappa shape index (κ3) is 2.96. The van der Waals surface area contributed by atoms with Crippen LogP contribution < -0.4 is 5.73 Å². The Morgan fingerprint density at radius 3 is 2.15 bits per heavy atom. The third-order valence-corrected chi connectivity index (χ3v) is 4.03. The van der Waals surface area contributed by atoms with Crippen LogP contribution in [0.25, 0.3) is 0 Å². The molecule has 0 saturated carbocycles. The average molecular weight is 336 g/mol. The highest BCUT2D eigenvalue weighted by atomic mass is 79.9. The van der Waals surface area contributed by atoms with Gasteiger partial charge in [0, 0.05) is 0 Å². The lowest BCUT2D eigenvalue weighted by Gasteiger charge is -2.24. The van der Waals surface area contributed by atoms with E-state index in [1.807, 2.05) is 0 Å². The van der Waals surface area contributed by atoms with Crippen LogP contribution in [-0.2, 0) is 5.41 Å². The predicted octanol–water partition coefficient (Wildman–Crippen LogP) is 4.13. The van der Waals surface area contributed by atoms with Crippen LogP contribution in [0, 0.1) is 13.8 Å². The number of rotatable bonds is 2. The van der Waals surface area contributed by atoms with E-state index in [9.17, 15) is 0 Å². The first-order chi connectivity index (χ1) is 9.20. The summed E-state index contributed by atoms with van der Waals surface area (Å²) in [6.45, 7) is 10.9. The van der Waals surface area contributed by atoms with E-state index in [0.29, 0.717) is 0 Å². The summed E-state index contributed by atoms with van der Waals surface area (Å²) in [5.74, 6) is 0.784. The minimum atomic E-state index is -0.227. The monoisotopic (exact) mass is 335 g/mol. The standard InChI is InChI=1S/C16H22BrN3/c1-9-6-11(16(3,4)5)7-10(2)13(9)14(18)15-19-8-12(17)20-15/h6-8,14H,18H2,1-5H3,(H,19,20). The molecule has 0 bridgehead atoms. The van der Waals surface area contributed by atoms with Crippen LogP contribution in [0.3, 0.4) is 0 Å². The second kappa shape index (κ2) is 5.34. The van der Waals surface area contributed by atoms with Gasteiger partial charge in [-0.15, -0.1) is 0 Å². The lowest BCUT2D eigenvalue weighted by atomic mass is 9.82. The van der Waals surface area contributed by atoms with Crippen molar-refractivity contribution in [3.8, 4) is 0 Å². The first kappa shape index (κ1) is 15.3. The van der Waals surface area contributed by atoms with E-state index in [2.05, 4.69) is 72.6 Å². The summed E-state index contributed by atoms with van der Waals surface area (Å²) in [5, 5.41) is 0. The van der Waals surface area contributed by atoms with Crippen molar-refractivity contribution in [3.63, 3.8) is 0 Å². The molecule has 1 atom stereocenters. The van der Waals surface area contributed by atoms with E-state index in [1.54, 1.807) is 6.20 Å². The normalized spacial score (nSPS) is 13.6. The molecular weight excluding hydrogens is 314 g/mol. The minimum absolute atomic E-state index is 0.145. The van der Waals surface area contributed by atoms with Gasteiger partial charge in [0.15, 0.2) is 0 Å². The number of benzene rings is 1. The molecule has 4 heteroatoms. The number of aryl methyl sites for hydroxylation is 2. The van der Waals surface area contributed by atoms with E-state index >= 15 is 0 Å². The predicted molar refractivity (Wildman–Crippen MR) is 86.9 cm³/mol. The average Bonchev–Trinajstić information content (AvgIpc) is 2.73. The highest BCUT2D eigenvalue weighted by Gasteiger charge is 2.21. The maximum Gasteiger partial charge on any atom is 0.128 e. The lowest BCUT2D eigenvalue weighted by molar-refractivity contribution is 0.588. The Hall–Kier alpha value is -1.13. The molecule has 108 valence electrons. The fraction of sp³-hybridized carbons (Fsp3) is 0.438. The van der Waals surface area contributed by atoms with E-state index in [0.717, 1.165) is 16.0 Å². The van der Waals surface area contributed by atoms with Crippen molar-refractivity contribution in [2.24, 2.45) is 5.73 Å². The van der Waals surface area contributed by atoms with Crippen molar-refractivity contribution >= 4 is 15.9 Å². The molecule has 1 unspecified atom stereocenters. The summed E-state index contributed by atoms with van der Waals surface area (Å²) in [5.41, 5.74) is 11.4. The van der Waals surface area contributed by atoms with Crippen LogP contribution in [-0.4, -0.2) is 9.97 Å². The Labute approximate surface area is 129 Å². The van der Waals surface area contributed by atoms with Gasteiger partial charge in [0.25, 0.3) is 0 Å². The molecule has 1 heterocycles. The Morgan fingerprint density at radius 1 is 1.20 bits per heavy atom.